The highest BCUT2D eigenvalue weighted by molar-refractivity contribution is 6.40. The second-order valence-corrected chi connectivity index (χ2v) is 6.24. The van der Waals surface area contributed by atoms with Gasteiger partial charge in [-0.2, -0.15) is 0 Å². The first kappa shape index (κ1) is 18.0. The molecule has 2 heterocycles. The Labute approximate surface area is 135 Å². The second kappa shape index (κ2) is 7.50. The lowest BCUT2D eigenvalue weighted by molar-refractivity contribution is -0.146. The van der Waals surface area contributed by atoms with Crippen LogP contribution in [-0.4, -0.2) is 70.5 Å². The molecule has 0 bridgehead atoms. The van der Waals surface area contributed by atoms with Gasteiger partial charge in [0.05, 0.1) is 12.6 Å². The minimum Gasteiger partial charge on any atom is -0.480 e. The van der Waals surface area contributed by atoms with Gasteiger partial charge in [0, 0.05) is 19.0 Å². The van der Waals surface area contributed by atoms with Crippen LogP contribution in [-0.2, 0) is 9.53 Å². The number of carboxylic acids is 1. The zero-order valence-electron chi connectivity index (χ0n) is 13.4. The van der Waals surface area contributed by atoms with E-state index in [1.807, 2.05) is 0 Å². The number of hydrogen-bond donors (Lipinski definition) is 4. The standard InChI is InChI=1S/C14H25BN2O6/c1-2-23-13(20)17-8-5-10-11(17)9-16-14(10,12(18)19)6-3-4-7-15(21)22/h10-11,16,21-22H,2-9H2,1H3,(H,18,19)/t10-,11-,14+/m0/s1. The topological polar surface area (TPSA) is 119 Å². The molecule has 0 aliphatic carbocycles. The van der Waals surface area contributed by atoms with E-state index in [1.54, 1.807) is 11.8 Å². The van der Waals surface area contributed by atoms with E-state index < -0.39 is 18.6 Å². The van der Waals surface area contributed by atoms with Gasteiger partial charge in [-0.3, -0.25) is 10.1 Å². The molecule has 0 aromatic rings. The molecule has 2 saturated heterocycles. The summed E-state index contributed by atoms with van der Waals surface area (Å²) in [6.45, 7) is 3.00. The molecule has 9 heteroatoms. The number of nitrogens with one attached hydrogen (secondary N) is 1. The summed E-state index contributed by atoms with van der Waals surface area (Å²) in [6.07, 6.45) is 2.02. The number of aliphatic carboxylic acids is 1. The van der Waals surface area contributed by atoms with Crippen molar-refractivity contribution >= 4 is 19.2 Å². The van der Waals surface area contributed by atoms with Gasteiger partial charge in [0.25, 0.3) is 0 Å². The van der Waals surface area contributed by atoms with E-state index in [2.05, 4.69) is 5.32 Å². The van der Waals surface area contributed by atoms with Crippen molar-refractivity contribution in [3.63, 3.8) is 0 Å². The van der Waals surface area contributed by atoms with Gasteiger partial charge in [-0.05, 0) is 26.1 Å². The highest BCUT2D eigenvalue weighted by atomic mass is 16.6. The second-order valence-electron chi connectivity index (χ2n) is 6.24. The van der Waals surface area contributed by atoms with Crippen molar-refractivity contribution in [2.24, 2.45) is 5.92 Å². The maximum absolute atomic E-state index is 12.0. The fourth-order valence-electron chi connectivity index (χ4n) is 3.88. The summed E-state index contributed by atoms with van der Waals surface area (Å²) in [7, 11) is -1.36. The van der Waals surface area contributed by atoms with Gasteiger partial charge in [0.1, 0.15) is 5.54 Å². The van der Waals surface area contributed by atoms with Gasteiger partial charge in [-0.15, -0.1) is 0 Å². The molecule has 8 nitrogen and oxygen atoms in total. The van der Waals surface area contributed by atoms with Gasteiger partial charge in [-0.25, -0.2) is 4.79 Å². The first-order valence-corrected chi connectivity index (χ1v) is 8.20. The zero-order chi connectivity index (χ0) is 17.0. The molecule has 0 aromatic heterocycles. The van der Waals surface area contributed by atoms with Crippen molar-refractivity contribution < 1.29 is 29.5 Å². The van der Waals surface area contributed by atoms with Gasteiger partial charge in [0.2, 0.25) is 0 Å². The minimum absolute atomic E-state index is 0.150. The Balaban J connectivity index is 2.02. The number of amides is 1. The Bertz CT molecular complexity index is 449. The lowest BCUT2D eigenvalue weighted by Gasteiger charge is -2.30. The Morgan fingerprint density at radius 1 is 1.39 bits per heavy atom. The summed E-state index contributed by atoms with van der Waals surface area (Å²) in [4.78, 5) is 25.5. The number of unbranched alkanes of at least 4 members (excludes halogenated alkanes) is 1. The third kappa shape index (κ3) is 3.62. The molecule has 2 fully saturated rings. The highest BCUT2D eigenvalue weighted by Crippen LogP contribution is 2.41. The van der Waals surface area contributed by atoms with Crippen molar-refractivity contribution in [2.45, 2.75) is 50.5 Å². The van der Waals surface area contributed by atoms with E-state index in [-0.39, 0.29) is 24.4 Å². The van der Waals surface area contributed by atoms with Crippen LogP contribution in [0.15, 0.2) is 0 Å². The summed E-state index contributed by atoms with van der Waals surface area (Å²) in [5.41, 5.74) is -1.05. The first-order valence-electron chi connectivity index (χ1n) is 8.20. The average molecular weight is 328 g/mol. The Hall–Kier alpha value is -1.32. The molecule has 2 aliphatic rings. The molecule has 0 aromatic carbocycles. The van der Waals surface area contributed by atoms with Crippen LogP contribution >= 0.6 is 0 Å². The number of carboxylic acid groups (broad SMARTS) is 1. The molecular weight excluding hydrogens is 303 g/mol. The van der Waals surface area contributed by atoms with Crippen molar-refractivity contribution in [1.29, 1.82) is 0 Å². The molecule has 0 unspecified atom stereocenters. The number of carbonyl (C=O) groups is 2. The number of fused-ring (bicyclic) bond motifs is 1. The normalized spacial score (nSPS) is 29.4. The third-order valence-electron chi connectivity index (χ3n) is 4.97. The highest BCUT2D eigenvalue weighted by Gasteiger charge is 2.58. The molecule has 130 valence electrons. The van der Waals surface area contributed by atoms with Gasteiger partial charge >= 0.3 is 19.2 Å². The molecule has 0 saturated carbocycles. The maximum Gasteiger partial charge on any atom is 0.451 e. The van der Waals surface area contributed by atoms with Crippen molar-refractivity contribution in [2.75, 3.05) is 19.7 Å². The monoisotopic (exact) mass is 328 g/mol. The molecule has 2 aliphatic heterocycles. The number of ether oxygens (including phenoxy) is 1. The predicted molar refractivity (Wildman–Crippen MR) is 82.8 cm³/mol. The lowest BCUT2D eigenvalue weighted by Crippen LogP contribution is -2.52. The summed E-state index contributed by atoms with van der Waals surface area (Å²) in [5, 5.41) is 30.6. The zero-order valence-corrected chi connectivity index (χ0v) is 13.4. The van der Waals surface area contributed by atoms with Crippen molar-refractivity contribution in [3.8, 4) is 0 Å². The van der Waals surface area contributed by atoms with Crippen LogP contribution in [0, 0.1) is 5.92 Å². The molecule has 0 radical (unpaired) electrons. The quantitative estimate of drug-likeness (QED) is 0.381. The van der Waals surface area contributed by atoms with Crippen molar-refractivity contribution in [3.05, 3.63) is 0 Å². The molecule has 3 atom stereocenters. The largest absolute Gasteiger partial charge is 0.480 e. The van der Waals surface area contributed by atoms with E-state index in [9.17, 15) is 14.7 Å². The summed E-state index contributed by atoms with van der Waals surface area (Å²) >= 11 is 0. The van der Waals surface area contributed by atoms with Gasteiger partial charge < -0.3 is 24.8 Å². The SMILES string of the molecule is CCOC(=O)N1CC[C@H]2[C@@H]1CN[C@@]2(CCCCB(O)O)C(=O)O. The smallest absolute Gasteiger partial charge is 0.451 e. The Kier molecular flexibility index (Phi) is 5.88. The van der Waals surface area contributed by atoms with Gasteiger partial charge in [0.15, 0.2) is 0 Å². The van der Waals surface area contributed by atoms with Gasteiger partial charge in [-0.1, -0.05) is 12.8 Å². The first-order chi connectivity index (χ1) is 10.9. The van der Waals surface area contributed by atoms with Crippen LogP contribution < -0.4 is 5.32 Å². The lowest BCUT2D eigenvalue weighted by atomic mass is 9.77. The van der Waals surface area contributed by atoms with Crippen LogP contribution in [0.4, 0.5) is 4.79 Å². The molecule has 0 spiro atoms. The number of carbonyl (C=O) groups excluding carboxylic acids is 1. The fraction of sp³-hybridized carbons (Fsp3) is 0.857. The summed E-state index contributed by atoms with van der Waals surface area (Å²) in [6, 6.07) is -0.159. The number of nitrogens with zero attached hydrogens (tertiary/aromatic N) is 1. The molecular formula is C14H25BN2O6. The number of rotatable bonds is 7. The van der Waals surface area contributed by atoms with Crippen molar-refractivity contribution in [1.82, 2.24) is 10.2 Å². The van der Waals surface area contributed by atoms with E-state index in [0.717, 1.165) is 0 Å². The van der Waals surface area contributed by atoms with E-state index >= 15 is 0 Å². The Morgan fingerprint density at radius 2 is 2.13 bits per heavy atom. The summed E-state index contributed by atoms with van der Waals surface area (Å²) < 4.78 is 5.04. The molecule has 2 rings (SSSR count). The predicted octanol–water partition coefficient (Wildman–Crippen LogP) is -0.0969. The molecule has 23 heavy (non-hydrogen) atoms. The van der Waals surface area contributed by atoms with E-state index in [0.29, 0.717) is 45.4 Å². The van der Waals surface area contributed by atoms with Crippen LogP contribution in [0.25, 0.3) is 0 Å². The summed E-state index contributed by atoms with van der Waals surface area (Å²) in [5.74, 6) is -1.05. The average Bonchev–Trinajstić information content (AvgIpc) is 3.04. The van der Waals surface area contributed by atoms with Crippen LogP contribution in [0.3, 0.4) is 0 Å². The third-order valence-corrected chi connectivity index (χ3v) is 4.97. The molecule has 4 N–H and O–H groups in total. The fourth-order valence-corrected chi connectivity index (χ4v) is 3.88. The molecule has 1 amide bonds. The number of likely N-dealkylation sites (tertiary alicyclic amines) is 1. The minimum atomic E-state index is -1.36. The number of hydrogen-bond acceptors (Lipinski definition) is 6. The van der Waals surface area contributed by atoms with Crippen LogP contribution in [0.5, 0.6) is 0 Å². The Morgan fingerprint density at radius 3 is 2.74 bits per heavy atom. The maximum atomic E-state index is 12.0. The van der Waals surface area contributed by atoms with E-state index in [4.69, 9.17) is 14.8 Å². The van der Waals surface area contributed by atoms with Crippen LogP contribution in [0.2, 0.25) is 6.32 Å². The van der Waals surface area contributed by atoms with Crippen LogP contribution in [0.1, 0.15) is 32.6 Å². The van der Waals surface area contributed by atoms with E-state index in [1.165, 1.54) is 0 Å².